The van der Waals surface area contributed by atoms with Gasteiger partial charge in [-0.15, -0.1) is 11.3 Å². The van der Waals surface area contributed by atoms with E-state index < -0.39 is 0 Å². The van der Waals surface area contributed by atoms with Gasteiger partial charge >= 0.3 is 0 Å². The molecule has 0 atom stereocenters. The number of hydrogen-bond donors (Lipinski definition) is 0. The Morgan fingerprint density at radius 3 is 1.60 bits per heavy atom. The minimum Gasteiger partial charge on any atom is -0.457 e. The van der Waals surface area contributed by atoms with Crippen LogP contribution in [0.3, 0.4) is 0 Å². The lowest BCUT2D eigenvalue weighted by molar-refractivity contribution is 0.483. The van der Waals surface area contributed by atoms with Crippen LogP contribution in [0.4, 0.5) is 22.7 Å². The number of nitrogens with zero attached hydrogens (tertiary/aromatic N) is 4. The van der Waals surface area contributed by atoms with Crippen LogP contribution in [0.5, 0.6) is 11.5 Å². The number of anilines is 4. The molecular formula is C82H84N4OS. The van der Waals surface area contributed by atoms with Gasteiger partial charge in [-0.2, -0.15) is 0 Å². The van der Waals surface area contributed by atoms with Crippen LogP contribution in [0, 0.1) is 0 Å². The fourth-order valence-corrected chi connectivity index (χ4v) is 14.5. The number of para-hydroxylation sites is 2. The summed E-state index contributed by atoms with van der Waals surface area (Å²) in [5, 5.41) is 4.96. The van der Waals surface area contributed by atoms with Crippen molar-refractivity contribution in [3.63, 3.8) is 0 Å². The first-order chi connectivity index (χ1) is 41.8. The zero-order valence-electron chi connectivity index (χ0n) is 54.4. The first kappa shape index (κ1) is 58.6. The molecule has 12 aromatic rings. The lowest BCUT2D eigenvalue weighted by atomic mass is 9.81. The number of fused-ring (bicyclic) bond motifs is 8. The number of pyridine rings is 1. The maximum atomic E-state index is 7.44. The average molecular weight is 1170 g/mol. The molecule has 1 aliphatic heterocycles. The van der Waals surface area contributed by atoms with Gasteiger partial charge in [0.2, 0.25) is 0 Å². The molecule has 0 saturated heterocycles. The maximum Gasteiger partial charge on any atom is 0.137 e. The first-order valence-electron chi connectivity index (χ1n) is 31.7. The second-order valence-corrected chi connectivity index (χ2v) is 30.4. The molecule has 0 unspecified atom stereocenters. The van der Waals surface area contributed by atoms with Crippen molar-refractivity contribution >= 4 is 76.1 Å². The molecule has 0 radical (unpaired) electrons. The van der Waals surface area contributed by atoms with Crippen molar-refractivity contribution in [1.82, 2.24) is 9.55 Å². The van der Waals surface area contributed by atoms with Gasteiger partial charge in [0.1, 0.15) is 24.0 Å². The fraction of sp³-hybridized carbons (Fsp3) is 0.280. The van der Waals surface area contributed by atoms with Crippen LogP contribution in [0.25, 0.3) is 81.2 Å². The summed E-state index contributed by atoms with van der Waals surface area (Å²) in [6, 6.07) is 71.1. The minimum absolute atomic E-state index is 0.0155. The third-order valence-electron chi connectivity index (χ3n) is 18.3. The molecule has 0 N–H and O–H groups in total. The predicted octanol–water partition coefficient (Wildman–Crippen LogP) is 24.0. The van der Waals surface area contributed by atoms with Gasteiger partial charge in [0.05, 0.1) is 28.1 Å². The zero-order chi connectivity index (χ0) is 61.9. The van der Waals surface area contributed by atoms with E-state index in [0.717, 1.165) is 51.0 Å². The Morgan fingerprint density at radius 2 is 1.01 bits per heavy atom. The minimum atomic E-state index is -0.118. The summed E-state index contributed by atoms with van der Waals surface area (Å²) in [6.07, 6.45) is 1.97. The van der Waals surface area contributed by atoms with Crippen LogP contribution in [0.15, 0.2) is 194 Å². The Bertz CT molecular complexity index is 4560. The average Bonchev–Trinajstić information content (AvgIpc) is 1.56. The van der Waals surface area contributed by atoms with Gasteiger partial charge < -0.3 is 14.5 Å². The van der Waals surface area contributed by atoms with Gasteiger partial charge in [-0.3, -0.25) is 4.57 Å². The van der Waals surface area contributed by atoms with Crippen molar-refractivity contribution in [2.24, 2.45) is 0 Å². The SMILES string of the molecule is CC(C)c1cccc(C(C)C)c1-c1cc(Oc2ccc3c4c5sc6ccccc6c5ccc4n(-c4cc(C(C)(C)C)ccn4)c3c2)cc(N2CN(c3c(-c4ccc(C(C)(C)C)cc4)cc(C(C)(C)C)cc3-c3ccc(C(C)(C)C)cc3)c3ccccc32)c1. The molecule has 0 fully saturated rings. The largest absolute Gasteiger partial charge is 0.457 e. The second kappa shape index (κ2) is 21.7. The van der Waals surface area contributed by atoms with E-state index >= 15 is 0 Å². The monoisotopic (exact) mass is 1170 g/mol. The van der Waals surface area contributed by atoms with E-state index in [-0.39, 0.29) is 33.5 Å². The molecule has 4 heterocycles. The second-order valence-electron chi connectivity index (χ2n) is 29.4. The highest BCUT2D eigenvalue weighted by Crippen LogP contribution is 2.53. The topological polar surface area (TPSA) is 33.5 Å². The molecule has 444 valence electrons. The third-order valence-corrected chi connectivity index (χ3v) is 19.5. The summed E-state index contributed by atoms with van der Waals surface area (Å²) in [4.78, 5) is 10.2. The van der Waals surface area contributed by atoms with Crippen molar-refractivity contribution in [2.75, 3.05) is 16.5 Å². The van der Waals surface area contributed by atoms with Crippen molar-refractivity contribution < 1.29 is 4.74 Å². The van der Waals surface area contributed by atoms with Gasteiger partial charge in [-0.1, -0.05) is 214 Å². The Kier molecular flexibility index (Phi) is 14.4. The third kappa shape index (κ3) is 10.5. The number of hydrogen-bond acceptors (Lipinski definition) is 5. The van der Waals surface area contributed by atoms with Crippen molar-refractivity contribution in [1.29, 1.82) is 0 Å². The molecule has 0 saturated carbocycles. The normalized spacial score (nSPS) is 13.3. The Balaban J connectivity index is 1.02. The molecular weight excluding hydrogens is 1090 g/mol. The molecule has 3 aromatic heterocycles. The van der Waals surface area contributed by atoms with Gasteiger partial charge in [0, 0.05) is 66.1 Å². The summed E-state index contributed by atoms with van der Waals surface area (Å²) in [6.45, 7) is 37.5. The molecule has 0 bridgehead atoms. The molecule has 13 rings (SSSR count). The lowest BCUT2D eigenvalue weighted by Gasteiger charge is -2.31. The smallest absolute Gasteiger partial charge is 0.137 e. The first-order valence-corrected chi connectivity index (χ1v) is 32.5. The van der Waals surface area contributed by atoms with E-state index in [4.69, 9.17) is 9.72 Å². The summed E-state index contributed by atoms with van der Waals surface area (Å²) < 4.78 is 12.4. The number of rotatable bonds is 10. The van der Waals surface area contributed by atoms with Gasteiger partial charge in [-0.25, -0.2) is 4.98 Å². The number of benzene rings is 9. The van der Waals surface area contributed by atoms with Gasteiger partial charge in [-0.05, 0) is 162 Å². The van der Waals surface area contributed by atoms with Gasteiger partial charge in [0.15, 0.2) is 0 Å². The molecule has 1 aliphatic rings. The molecule has 0 aliphatic carbocycles. The summed E-state index contributed by atoms with van der Waals surface area (Å²) in [5.74, 6) is 2.99. The maximum absolute atomic E-state index is 7.44. The zero-order valence-corrected chi connectivity index (χ0v) is 55.3. The van der Waals surface area contributed by atoms with Crippen LogP contribution in [0.2, 0.25) is 0 Å². The Labute approximate surface area is 526 Å². The highest BCUT2D eigenvalue weighted by Gasteiger charge is 2.34. The van der Waals surface area contributed by atoms with Crippen LogP contribution in [0.1, 0.15) is 156 Å². The number of ether oxygens (including phenoxy) is 1. The van der Waals surface area contributed by atoms with Crippen LogP contribution in [-0.4, -0.2) is 16.2 Å². The van der Waals surface area contributed by atoms with Crippen LogP contribution >= 0.6 is 11.3 Å². The van der Waals surface area contributed by atoms with E-state index in [2.05, 4.69) is 313 Å². The van der Waals surface area contributed by atoms with E-state index in [1.54, 1.807) is 0 Å². The van der Waals surface area contributed by atoms with Crippen molar-refractivity contribution in [3.05, 3.63) is 228 Å². The van der Waals surface area contributed by atoms with Crippen LogP contribution in [-0.2, 0) is 21.7 Å². The predicted molar refractivity (Wildman–Crippen MR) is 379 cm³/mol. The molecule has 88 heavy (non-hydrogen) atoms. The highest BCUT2D eigenvalue weighted by atomic mass is 32.1. The standard InChI is InChI=1S/C82H84N4OS/c1-50(2)62-23-21-24-63(51(3)4)75(62)54-42-59(47-61(43-54)87-60-36-37-66-72(48-60)86(74-46-57(40-41-83-74)81(11,12)13)71-39-38-65-64-22-17-20-27-73(64)88-78(65)76(66)71)84-49-85(70-26-19-18-25-69(70)84)77-67(52-28-32-55(33-29-52)79(5,6)7)44-58(82(14,15)16)45-68(77)53-30-34-56(35-31-53)80(8,9)10/h17-48,50-51H,49H2,1-16H3. The van der Waals surface area contributed by atoms with Crippen molar-refractivity contribution in [3.8, 4) is 50.7 Å². The van der Waals surface area contributed by atoms with E-state index in [9.17, 15) is 0 Å². The summed E-state index contributed by atoms with van der Waals surface area (Å²) in [7, 11) is 0. The number of aromatic nitrogens is 2. The lowest BCUT2D eigenvalue weighted by Crippen LogP contribution is -2.25. The molecule has 0 amide bonds. The molecule has 5 nitrogen and oxygen atoms in total. The van der Waals surface area contributed by atoms with E-state index in [1.165, 1.54) is 97.8 Å². The summed E-state index contributed by atoms with van der Waals surface area (Å²) in [5.41, 5.74) is 21.6. The van der Waals surface area contributed by atoms with E-state index in [0.29, 0.717) is 6.67 Å². The molecule has 0 spiro atoms. The van der Waals surface area contributed by atoms with Crippen molar-refractivity contribution in [2.45, 2.75) is 144 Å². The van der Waals surface area contributed by atoms with Crippen LogP contribution < -0.4 is 14.5 Å². The summed E-state index contributed by atoms with van der Waals surface area (Å²) >= 11 is 1.87. The van der Waals surface area contributed by atoms with E-state index in [1.807, 2.05) is 17.5 Å². The highest BCUT2D eigenvalue weighted by molar-refractivity contribution is 7.26. The van der Waals surface area contributed by atoms with Gasteiger partial charge in [0.25, 0.3) is 0 Å². The molecule has 9 aromatic carbocycles. The number of thiophene rings is 1. The Morgan fingerprint density at radius 1 is 0.443 bits per heavy atom. The Hall–Kier alpha value is -8.45. The quantitative estimate of drug-likeness (QED) is 0.137. The molecule has 6 heteroatoms. The fourth-order valence-electron chi connectivity index (χ4n) is 13.3.